The van der Waals surface area contributed by atoms with Crippen molar-refractivity contribution in [2.24, 2.45) is 0 Å². The van der Waals surface area contributed by atoms with Gasteiger partial charge in [0.15, 0.2) is 0 Å². The van der Waals surface area contributed by atoms with E-state index in [1.807, 2.05) is 12.1 Å². The molecule has 4 heteroatoms. The van der Waals surface area contributed by atoms with Crippen LogP contribution in [0, 0.1) is 0 Å². The van der Waals surface area contributed by atoms with Crippen molar-refractivity contribution in [3.05, 3.63) is 47.8 Å². The molecule has 1 aromatic heterocycles. The number of rotatable bonds is 6. The Labute approximate surface area is 120 Å². The summed E-state index contributed by atoms with van der Waals surface area (Å²) < 4.78 is 0. The van der Waals surface area contributed by atoms with Crippen LogP contribution in [0.3, 0.4) is 0 Å². The minimum atomic E-state index is 0.839. The van der Waals surface area contributed by atoms with Crippen molar-refractivity contribution in [3.63, 3.8) is 0 Å². The summed E-state index contributed by atoms with van der Waals surface area (Å²) in [5.41, 5.74) is 1.27. The second-order valence-corrected chi connectivity index (χ2v) is 4.75. The van der Waals surface area contributed by atoms with Crippen LogP contribution in [0.5, 0.6) is 0 Å². The second-order valence-electron chi connectivity index (χ2n) is 4.75. The molecule has 0 saturated carbocycles. The van der Waals surface area contributed by atoms with E-state index >= 15 is 0 Å². The molecular formula is C16H22N4. The van der Waals surface area contributed by atoms with Gasteiger partial charge in [-0.3, -0.25) is 0 Å². The van der Waals surface area contributed by atoms with Crippen LogP contribution in [-0.2, 0) is 13.0 Å². The number of nitrogens with zero attached hydrogens (tertiary/aromatic N) is 3. The third kappa shape index (κ3) is 3.70. The predicted molar refractivity (Wildman–Crippen MR) is 84.1 cm³/mol. The van der Waals surface area contributed by atoms with Gasteiger partial charge in [0, 0.05) is 32.6 Å². The second kappa shape index (κ2) is 6.89. The SMILES string of the molecule is CCNc1cc(N(C)Cc2ccccc2)nc(CC)n1. The van der Waals surface area contributed by atoms with Crippen LogP contribution >= 0.6 is 0 Å². The fourth-order valence-corrected chi connectivity index (χ4v) is 2.05. The lowest BCUT2D eigenvalue weighted by Crippen LogP contribution is -2.19. The van der Waals surface area contributed by atoms with Crippen LogP contribution in [0.1, 0.15) is 25.2 Å². The van der Waals surface area contributed by atoms with Crippen LogP contribution in [0.25, 0.3) is 0 Å². The van der Waals surface area contributed by atoms with E-state index in [9.17, 15) is 0 Å². The highest BCUT2D eigenvalue weighted by Gasteiger charge is 2.08. The maximum absolute atomic E-state index is 4.61. The van der Waals surface area contributed by atoms with Gasteiger partial charge in [0.25, 0.3) is 0 Å². The molecule has 2 aromatic rings. The Balaban J connectivity index is 2.19. The molecule has 0 aliphatic carbocycles. The molecule has 20 heavy (non-hydrogen) atoms. The molecule has 0 atom stereocenters. The van der Waals surface area contributed by atoms with E-state index in [0.29, 0.717) is 0 Å². The highest BCUT2D eigenvalue weighted by atomic mass is 15.2. The molecule has 0 unspecified atom stereocenters. The third-order valence-electron chi connectivity index (χ3n) is 3.09. The molecule has 0 bridgehead atoms. The number of hydrogen-bond donors (Lipinski definition) is 1. The van der Waals surface area contributed by atoms with Crippen molar-refractivity contribution in [3.8, 4) is 0 Å². The van der Waals surface area contributed by atoms with Crippen molar-refractivity contribution in [2.45, 2.75) is 26.8 Å². The molecule has 0 fully saturated rings. The predicted octanol–water partition coefficient (Wildman–Crippen LogP) is 3.11. The summed E-state index contributed by atoms with van der Waals surface area (Å²) in [6.07, 6.45) is 0.839. The lowest BCUT2D eigenvalue weighted by Gasteiger charge is -2.19. The summed E-state index contributed by atoms with van der Waals surface area (Å²) in [6, 6.07) is 12.4. The van der Waals surface area contributed by atoms with Crippen LogP contribution < -0.4 is 10.2 Å². The Kier molecular flexibility index (Phi) is 4.93. The zero-order valence-electron chi connectivity index (χ0n) is 12.4. The van der Waals surface area contributed by atoms with E-state index < -0.39 is 0 Å². The number of benzene rings is 1. The Bertz CT molecular complexity index is 539. The van der Waals surface area contributed by atoms with Gasteiger partial charge in [-0.2, -0.15) is 0 Å². The molecule has 4 nitrogen and oxygen atoms in total. The van der Waals surface area contributed by atoms with E-state index in [1.165, 1.54) is 5.56 Å². The first-order valence-electron chi connectivity index (χ1n) is 7.09. The van der Waals surface area contributed by atoms with Crippen molar-refractivity contribution in [1.29, 1.82) is 0 Å². The van der Waals surface area contributed by atoms with Gasteiger partial charge in [-0.25, -0.2) is 9.97 Å². The first-order valence-corrected chi connectivity index (χ1v) is 7.09. The van der Waals surface area contributed by atoms with Gasteiger partial charge in [0.1, 0.15) is 17.5 Å². The molecule has 0 aliphatic rings. The number of nitrogens with one attached hydrogen (secondary N) is 1. The van der Waals surface area contributed by atoms with Gasteiger partial charge < -0.3 is 10.2 Å². The summed E-state index contributed by atoms with van der Waals surface area (Å²) in [6.45, 7) is 5.85. The van der Waals surface area contributed by atoms with Crippen LogP contribution in [0.15, 0.2) is 36.4 Å². The van der Waals surface area contributed by atoms with Gasteiger partial charge in [0.2, 0.25) is 0 Å². The molecule has 1 aromatic carbocycles. The van der Waals surface area contributed by atoms with Gasteiger partial charge in [-0.1, -0.05) is 37.3 Å². The largest absolute Gasteiger partial charge is 0.370 e. The Morgan fingerprint density at radius 1 is 1.10 bits per heavy atom. The maximum Gasteiger partial charge on any atom is 0.134 e. The van der Waals surface area contributed by atoms with Crippen molar-refractivity contribution < 1.29 is 0 Å². The molecule has 0 radical (unpaired) electrons. The molecule has 1 heterocycles. The summed E-state index contributed by atoms with van der Waals surface area (Å²) in [5.74, 6) is 2.73. The van der Waals surface area contributed by atoms with E-state index in [-0.39, 0.29) is 0 Å². The van der Waals surface area contributed by atoms with Gasteiger partial charge in [0.05, 0.1) is 0 Å². The standard InChI is InChI=1S/C16H22N4/c1-4-14-18-15(17-5-2)11-16(19-14)20(3)12-13-9-7-6-8-10-13/h6-11H,4-5,12H2,1-3H3,(H,17,18,19). The quantitative estimate of drug-likeness (QED) is 0.875. The lowest BCUT2D eigenvalue weighted by atomic mass is 10.2. The molecule has 106 valence electrons. The van der Waals surface area contributed by atoms with Gasteiger partial charge in [-0.05, 0) is 12.5 Å². The Hall–Kier alpha value is -2.10. The molecule has 2 rings (SSSR count). The van der Waals surface area contributed by atoms with Crippen LogP contribution in [-0.4, -0.2) is 23.6 Å². The highest BCUT2D eigenvalue weighted by molar-refractivity contribution is 5.49. The molecule has 0 saturated heterocycles. The topological polar surface area (TPSA) is 41.0 Å². The summed E-state index contributed by atoms with van der Waals surface area (Å²) >= 11 is 0. The zero-order chi connectivity index (χ0) is 14.4. The first-order chi connectivity index (χ1) is 9.72. The third-order valence-corrected chi connectivity index (χ3v) is 3.09. The molecular weight excluding hydrogens is 248 g/mol. The molecule has 0 amide bonds. The fourth-order valence-electron chi connectivity index (χ4n) is 2.05. The Morgan fingerprint density at radius 2 is 1.85 bits per heavy atom. The summed E-state index contributed by atoms with van der Waals surface area (Å²) in [4.78, 5) is 11.2. The van der Waals surface area contributed by atoms with E-state index in [0.717, 1.165) is 37.0 Å². The summed E-state index contributed by atoms with van der Waals surface area (Å²) in [5, 5.41) is 3.26. The van der Waals surface area contributed by atoms with E-state index in [4.69, 9.17) is 0 Å². The average Bonchev–Trinajstić information content (AvgIpc) is 2.48. The number of hydrogen-bond acceptors (Lipinski definition) is 4. The van der Waals surface area contributed by atoms with Crippen LogP contribution in [0.2, 0.25) is 0 Å². The average molecular weight is 270 g/mol. The minimum Gasteiger partial charge on any atom is -0.370 e. The molecule has 1 N–H and O–H groups in total. The van der Waals surface area contributed by atoms with E-state index in [2.05, 4.69) is 65.3 Å². The fraction of sp³-hybridized carbons (Fsp3) is 0.375. The number of aryl methyl sites for hydroxylation is 1. The smallest absolute Gasteiger partial charge is 0.134 e. The van der Waals surface area contributed by atoms with Crippen molar-refractivity contribution in [2.75, 3.05) is 23.8 Å². The summed E-state index contributed by atoms with van der Waals surface area (Å²) in [7, 11) is 2.06. The minimum absolute atomic E-state index is 0.839. The number of aromatic nitrogens is 2. The molecule has 0 spiro atoms. The van der Waals surface area contributed by atoms with Gasteiger partial charge in [-0.15, -0.1) is 0 Å². The highest BCUT2D eigenvalue weighted by Crippen LogP contribution is 2.17. The first kappa shape index (κ1) is 14.3. The van der Waals surface area contributed by atoms with Crippen molar-refractivity contribution >= 4 is 11.6 Å². The molecule has 0 aliphatic heterocycles. The Morgan fingerprint density at radius 3 is 2.50 bits per heavy atom. The number of anilines is 2. The van der Waals surface area contributed by atoms with Crippen LogP contribution in [0.4, 0.5) is 11.6 Å². The monoisotopic (exact) mass is 270 g/mol. The maximum atomic E-state index is 4.61. The van der Waals surface area contributed by atoms with Gasteiger partial charge >= 0.3 is 0 Å². The normalized spacial score (nSPS) is 10.3. The lowest BCUT2D eigenvalue weighted by molar-refractivity contribution is 0.858. The van der Waals surface area contributed by atoms with E-state index in [1.54, 1.807) is 0 Å². The van der Waals surface area contributed by atoms with Crippen molar-refractivity contribution in [1.82, 2.24) is 9.97 Å². The zero-order valence-corrected chi connectivity index (χ0v) is 12.4.